The van der Waals surface area contributed by atoms with Crippen LogP contribution in [0.5, 0.6) is 5.75 Å². The minimum absolute atomic E-state index is 0.123. The van der Waals surface area contributed by atoms with Crippen LogP contribution in [0.2, 0.25) is 5.02 Å². The number of benzene rings is 2. The Balaban J connectivity index is 1.57. The van der Waals surface area contributed by atoms with Gasteiger partial charge in [-0.05, 0) is 74.7 Å². The second-order valence-electron chi connectivity index (χ2n) is 8.36. The molecule has 30 heavy (non-hydrogen) atoms. The number of carbonyl (C=O) groups is 2. The normalized spacial score (nSPS) is 27.1. The van der Waals surface area contributed by atoms with Crippen LogP contribution in [-0.2, 0) is 15.1 Å². The molecule has 3 aliphatic heterocycles. The summed E-state index contributed by atoms with van der Waals surface area (Å²) >= 11 is 6.40. The predicted octanol–water partition coefficient (Wildman–Crippen LogP) is 3.93. The molecule has 0 bridgehead atoms. The molecule has 0 aromatic heterocycles. The van der Waals surface area contributed by atoms with E-state index in [1.807, 2.05) is 31.2 Å². The van der Waals surface area contributed by atoms with E-state index in [4.69, 9.17) is 16.3 Å². The Morgan fingerprint density at radius 3 is 2.80 bits per heavy atom. The Hall–Kier alpha value is -2.57. The molecule has 0 unspecified atom stereocenters. The van der Waals surface area contributed by atoms with Crippen LogP contribution in [0.3, 0.4) is 0 Å². The zero-order chi connectivity index (χ0) is 21.0. The van der Waals surface area contributed by atoms with Crippen molar-refractivity contribution in [2.24, 2.45) is 5.92 Å². The maximum Gasteiger partial charge on any atom is 0.250 e. The first kappa shape index (κ1) is 19.4. The number of amides is 2. The Morgan fingerprint density at radius 2 is 2.07 bits per heavy atom. The number of aryl methyl sites for hydroxylation is 1. The summed E-state index contributed by atoms with van der Waals surface area (Å²) in [5, 5.41) is 6.67. The number of fused-ring (bicyclic) bond motifs is 4. The summed E-state index contributed by atoms with van der Waals surface area (Å²) in [5.41, 5.74) is 2.21. The second kappa shape index (κ2) is 7.00. The Bertz CT molecular complexity index is 1040. The number of halogens is 1. The molecule has 3 aliphatic rings. The minimum Gasteiger partial charge on any atom is -0.497 e. The summed E-state index contributed by atoms with van der Waals surface area (Å²) in [6.07, 6.45) is 2.68. The molecule has 6 nitrogen and oxygen atoms in total. The van der Waals surface area contributed by atoms with Crippen molar-refractivity contribution < 1.29 is 14.3 Å². The number of nitrogens with one attached hydrogen (secondary N) is 2. The van der Waals surface area contributed by atoms with E-state index in [1.165, 1.54) is 0 Å². The maximum atomic E-state index is 13.5. The fourth-order valence-electron chi connectivity index (χ4n) is 5.56. The molecule has 2 N–H and O–H groups in total. The summed E-state index contributed by atoms with van der Waals surface area (Å²) in [6.45, 7) is 2.74. The molecule has 3 heterocycles. The highest BCUT2D eigenvalue weighted by Gasteiger charge is 2.65. The first-order chi connectivity index (χ1) is 14.4. The molecule has 5 rings (SSSR count). The van der Waals surface area contributed by atoms with Crippen molar-refractivity contribution in [3.05, 3.63) is 52.5 Å². The van der Waals surface area contributed by atoms with Crippen LogP contribution in [0, 0.1) is 12.8 Å². The van der Waals surface area contributed by atoms with Crippen molar-refractivity contribution in [2.45, 2.75) is 37.8 Å². The van der Waals surface area contributed by atoms with Gasteiger partial charge < -0.3 is 15.4 Å². The van der Waals surface area contributed by atoms with Crippen LogP contribution < -0.4 is 15.4 Å². The molecule has 1 spiro atoms. The molecule has 3 atom stereocenters. The minimum atomic E-state index is -1.01. The molecule has 0 aliphatic carbocycles. The second-order valence-corrected chi connectivity index (χ2v) is 8.80. The zero-order valence-corrected chi connectivity index (χ0v) is 17.8. The lowest BCUT2D eigenvalue weighted by molar-refractivity contribution is -0.135. The van der Waals surface area contributed by atoms with Gasteiger partial charge in [-0.1, -0.05) is 11.6 Å². The van der Waals surface area contributed by atoms with Gasteiger partial charge in [-0.25, -0.2) is 0 Å². The van der Waals surface area contributed by atoms with Gasteiger partial charge in [-0.3, -0.25) is 14.5 Å². The van der Waals surface area contributed by atoms with E-state index < -0.39 is 11.5 Å². The molecule has 2 aromatic carbocycles. The van der Waals surface area contributed by atoms with E-state index >= 15 is 0 Å². The van der Waals surface area contributed by atoms with Gasteiger partial charge in [-0.15, -0.1) is 0 Å². The molecular weight excluding hydrogens is 402 g/mol. The Labute approximate surface area is 180 Å². The quantitative estimate of drug-likeness (QED) is 0.781. The van der Waals surface area contributed by atoms with Gasteiger partial charge in [0.2, 0.25) is 11.8 Å². The van der Waals surface area contributed by atoms with E-state index in [-0.39, 0.29) is 17.9 Å². The number of anilines is 2. The van der Waals surface area contributed by atoms with E-state index in [9.17, 15) is 9.59 Å². The topological polar surface area (TPSA) is 70.7 Å². The highest BCUT2D eigenvalue weighted by molar-refractivity contribution is 6.31. The summed E-state index contributed by atoms with van der Waals surface area (Å²) in [6, 6.07) is 11.1. The smallest absolute Gasteiger partial charge is 0.250 e. The standard InChI is InChI=1S/C23H24ClN3O3/c1-13-10-14(24)11-18-20(13)26-22(29)23(18)19(12-16-4-3-9-27(16)23)21(28)25-15-5-7-17(30-2)8-6-15/h5-8,10-11,16,19H,3-4,9,12H2,1-2H3,(H,25,28)(H,26,29)/t16-,19-,23+/m0/s1. The van der Waals surface area contributed by atoms with E-state index in [0.29, 0.717) is 17.1 Å². The van der Waals surface area contributed by atoms with Crippen LogP contribution in [0.1, 0.15) is 30.4 Å². The number of hydrogen-bond donors (Lipinski definition) is 2. The van der Waals surface area contributed by atoms with E-state index in [0.717, 1.165) is 42.0 Å². The predicted molar refractivity (Wildman–Crippen MR) is 116 cm³/mol. The Morgan fingerprint density at radius 1 is 1.30 bits per heavy atom. The van der Waals surface area contributed by atoms with Crippen molar-refractivity contribution >= 4 is 34.8 Å². The summed E-state index contributed by atoms with van der Waals surface area (Å²) < 4.78 is 5.19. The number of rotatable bonds is 3. The lowest BCUT2D eigenvalue weighted by Gasteiger charge is -2.36. The van der Waals surface area contributed by atoms with Gasteiger partial charge >= 0.3 is 0 Å². The third kappa shape index (κ3) is 2.67. The van der Waals surface area contributed by atoms with Crippen molar-refractivity contribution in [1.29, 1.82) is 0 Å². The summed E-state index contributed by atoms with van der Waals surface area (Å²) in [4.78, 5) is 29.3. The van der Waals surface area contributed by atoms with Crippen LogP contribution in [-0.4, -0.2) is 36.4 Å². The monoisotopic (exact) mass is 425 g/mol. The molecule has 2 saturated heterocycles. The van der Waals surface area contributed by atoms with E-state index in [1.54, 1.807) is 19.2 Å². The SMILES string of the molecule is COc1ccc(NC(=O)[C@@H]2C[C@@H]3CCCN3[C@@]23C(=O)Nc2c(C)cc(Cl)cc23)cc1. The number of carbonyl (C=O) groups excluding carboxylic acids is 2. The van der Waals surface area contributed by atoms with Crippen molar-refractivity contribution in [3.63, 3.8) is 0 Å². The molecule has 7 heteroatoms. The maximum absolute atomic E-state index is 13.5. The largest absolute Gasteiger partial charge is 0.497 e. The van der Waals surface area contributed by atoms with Gasteiger partial charge in [0.15, 0.2) is 0 Å². The average Bonchev–Trinajstić information content (AvgIpc) is 3.38. The number of methoxy groups -OCH3 is 1. The molecule has 156 valence electrons. The average molecular weight is 426 g/mol. The first-order valence-electron chi connectivity index (χ1n) is 10.3. The van der Waals surface area contributed by atoms with Crippen molar-refractivity contribution in [3.8, 4) is 5.75 Å². The summed E-state index contributed by atoms with van der Waals surface area (Å²) in [5.74, 6) is -0.0402. The summed E-state index contributed by atoms with van der Waals surface area (Å²) in [7, 11) is 1.60. The van der Waals surface area contributed by atoms with Gasteiger partial charge in [0.1, 0.15) is 11.3 Å². The van der Waals surface area contributed by atoms with Crippen LogP contribution in [0.25, 0.3) is 0 Å². The number of hydrogen-bond acceptors (Lipinski definition) is 4. The van der Waals surface area contributed by atoms with Gasteiger partial charge in [0.05, 0.1) is 13.0 Å². The highest BCUT2D eigenvalue weighted by Crippen LogP contribution is 2.56. The molecular formula is C23H24ClN3O3. The molecule has 2 fully saturated rings. The van der Waals surface area contributed by atoms with Crippen molar-refractivity contribution in [2.75, 3.05) is 24.3 Å². The fraction of sp³-hybridized carbons (Fsp3) is 0.391. The van der Waals surface area contributed by atoms with E-state index in [2.05, 4.69) is 15.5 Å². The number of nitrogens with zero attached hydrogens (tertiary/aromatic N) is 1. The van der Waals surface area contributed by atoms with Crippen LogP contribution in [0.15, 0.2) is 36.4 Å². The Kier molecular flexibility index (Phi) is 4.52. The molecule has 2 aromatic rings. The third-order valence-electron chi connectivity index (χ3n) is 6.81. The lowest BCUT2D eigenvalue weighted by atomic mass is 9.78. The fourth-order valence-corrected chi connectivity index (χ4v) is 5.83. The number of ether oxygens (including phenoxy) is 1. The zero-order valence-electron chi connectivity index (χ0n) is 17.0. The van der Waals surface area contributed by atoms with Gasteiger partial charge in [0, 0.05) is 28.0 Å². The van der Waals surface area contributed by atoms with Gasteiger partial charge in [0.25, 0.3) is 0 Å². The highest BCUT2D eigenvalue weighted by atomic mass is 35.5. The first-order valence-corrected chi connectivity index (χ1v) is 10.7. The third-order valence-corrected chi connectivity index (χ3v) is 7.03. The van der Waals surface area contributed by atoms with Crippen molar-refractivity contribution in [1.82, 2.24) is 4.90 Å². The van der Waals surface area contributed by atoms with Gasteiger partial charge in [-0.2, -0.15) is 0 Å². The molecule has 0 saturated carbocycles. The van der Waals surface area contributed by atoms with Crippen LogP contribution in [0.4, 0.5) is 11.4 Å². The van der Waals surface area contributed by atoms with Crippen LogP contribution >= 0.6 is 11.6 Å². The molecule has 0 radical (unpaired) electrons. The lowest BCUT2D eigenvalue weighted by Crippen LogP contribution is -2.53. The molecule has 2 amide bonds.